The molecule has 24 heavy (non-hydrogen) atoms. The number of rotatable bonds is 11. The zero-order valence-electron chi connectivity index (χ0n) is 13.0. The summed E-state index contributed by atoms with van der Waals surface area (Å²) in [6.45, 7) is -0.101. The Balaban J connectivity index is 4.41. The number of imide groups is 1. The van der Waals surface area contributed by atoms with Crippen LogP contribution in [0.15, 0.2) is 15.0 Å². The number of unbranched alkanes of at least 4 members (excludes halogenated alkanes) is 3. The summed E-state index contributed by atoms with van der Waals surface area (Å²) in [5.41, 5.74) is 0. The van der Waals surface area contributed by atoms with Crippen molar-refractivity contribution in [2.24, 2.45) is 15.0 Å². The molecule has 11 heteroatoms. The molecule has 0 aliphatic heterocycles. The number of aliphatic imine (C=N–C) groups is 3. The molecule has 4 amide bonds. The van der Waals surface area contributed by atoms with Crippen LogP contribution in [-0.4, -0.2) is 61.6 Å². The minimum absolute atomic E-state index is 0.115. The lowest BCUT2D eigenvalue weighted by molar-refractivity contribution is 0.185. The number of amides is 4. The molecule has 0 aromatic carbocycles. The van der Waals surface area contributed by atoms with Gasteiger partial charge in [0.05, 0.1) is 6.54 Å². The smallest absolute Gasteiger partial charge is 0.317 e. The molecule has 0 saturated carbocycles. The maximum atomic E-state index is 11.9. The van der Waals surface area contributed by atoms with Gasteiger partial charge < -0.3 is 10.6 Å². The Morgan fingerprint density at radius 1 is 0.750 bits per heavy atom. The molecular formula is C13H18N6O5. The number of carbonyl (C=O) groups is 2. The van der Waals surface area contributed by atoms with E-state index in [9.17, 15) is 24.0 Å². The van der Waals surface area contributed by atoms with Crippen LogP contribution in [0.2, 0.25) is 0 Å². The molecule has 0 spiro atoms. The third-order valence-electron chi connectivity index (χ3n) is 2.70. The molecule has 0 fully saturated rings. The van der Waals surface area contributed by atoms with E-state index in [-0.39, 0.29) is 19.9 Å². The van der Waals surface area contributed by atoms with E-state index in [1.165, 1.54) is 18.2 Å². The summed E-state index contributed by atoms with van der Waals surface area (Å²) >= 11 is 0. The van der Waals surface area contributed by atoms with Crippen LogP contribution in [0.25, 0.3) is 0 Å². The Morgan fingerprint density at radius 2 is 1.25 bits per heavy atom. The third kappa shape index (κ3) is 10.6. The average Bonchev–Trinajstić information content (AvgIpc) is 2.57. The van der Waals surface area contributed by atoms with Gasteiger partial charge in [-0.05, 0) is 12.8 Å². The Hall–Kier alpha value is -3.12. The van der Waals surface area contributed by atoms with Gasteiger partial charge in [-0.3, -0.25) is 0 Å². The second-order valence-electron chi connectivity index (χ2n) is 4.32. The largest absolute Gasteiger partial charge is 0.327 e. The summed E-state index contributed by atoms with van der Waals surface area (Å²) in [6.07, 6.45) is 6.67. The fourth-order valence-electron chi connectivity index (χ4n) is 1.63. The number of isocyanates is 3. The predicted molar refractivity (Wildman–Crippen MR) is 81.2 cm³/mol. The summed E-state index contributed by atoms with van der Waals surface area (Å²) < 4.78 is 0. The van der Waals surface area contributed by atoms with Gasteiger partial charge in [-0.2, -0.15) is 9.98 Å². The fourth-order valence-corrected chi connectivity index (χ4v) is 1.63. The van der Waals surface area contributed by atoms with Crippen molar-refractivity contribution >= 4 is 30.3 Å². The minimum Gasteiger partial charge on any atom is -0.317 e. The highest BCUT2D eigenvalue weighted by molar-refractivity contribution is 5.93. The van der Waals surface area contributed by atoms with Crippen LogP contribution < -0.4 is 10.6 Å². The van der Waals surface area contributed by atoms with E-state index >= 15 is 0 Å². The van der Waals surface area contributed by atoms with Crippen molar-refractivity contribution in [3.05, 3.63) is 0 Å². The van der Waals surface area contributed by atoms with Crippen LogP contribution in [0, 0.1) is 0 Å². The van der Waals surface area contributed by atoms with Gasteiger partial charge in [0.15, 0.2) is 0 Å². The van der Waals surface area contributed by atoms with Gasteiger partial charge in [0.25, 0.3) is 0 Å². The standard InChI is InChI=1S/C13H18N6O5/c20-9-14-5-3-1-2-4-6-19(12(23)17-7-15-10-21)13(24)18-8-16-11-22/h1-8H2,(H,17,23)(H,18,24). The van der Waals surface area contributed by atoms with E-state index in [1.54, 1.807) is 0 Å². The molecule has 0 aliphatic rings. The second-order valence-corrected chi connectivity index (χ2v) is 4.32. The first-order chi connectivity index (χ1) is 11.7. The lowest BCUT2D eigenvalue weighted by Gasteiger charge is -2.20. The van der Waals surface area contributed by atoms with Crippen molar-refractivity contribution in [3.8, 4) is 0 Å². The quantitative estimate of drug-likeness (QED) is 0.313. The summed E-state index contributed by atoms with van der Waals surface area (Å²) in [4.78, 5) is 64.2. The number of urea groups is 2. The van der Waals surface area contributed by atoms with E-state index in [0.29, 0.717) is 25.8 Å². The topological polar surface area (TPSA) is 150 Å². The highest BCUT2D eigenvalue weighted by Crippen LogP contribution is 2.03. The molecule has 11 nitrogen and oxygen atoms in total. The third-order valence-corrected chi connectivity index (χ3v) is 2.70. The molecular weight excluding hydrogens is 320 g/mol. The molecule has 130 valence electrons. The van der Waals surface area contributed by atoms with E-state index in [4.69, 9.17) is 0 Å². The molecule has 0 aromatic rings. The van der Waals surface area contributed by atoms with Crippen molar-refractivity contribution in [3.63, 3.8) is 0 Å². The van der Waals surface area contributed by atoms with Gasteiger partial charge in [-0.15, -0.1) is 0 Å². The van der Waals surface area contributed by atoms with Crippen molar-refractivity contribution in [1.29, 1.82) is 0 Å². The highest BCUT2D eigenvalue weighted by atomic mass is 16.2. The molecule has 0 bridgehead atoms. The Morgan fingerprint density at radius 3 is 1.75 bits per heavy atom. The highest BCUT2D eigenvalue weighted by Gasteiger charge is 2.20. The monoisotopic (exact) mass is 338 g/mol. The predicted octanol–water partition coefficient (Wildman–Crippen LogP) is 0.190. The van der Waals surface area contributed by atoms with Crippen LogP contribution in [0.4, 0.5) is 9.59 Å². The van der Waals surface area contributed by atoms with E-state index in [0.717, 1.165) is 11.3 Å². The van der Waals surface area contributed by atoms with E-state index < -0.39 is 12.1 Å². The van der Waals surface area contributed by atoms with Crippen molar-refractivity contribution in [1.82, 2.24) is 15.5 Å². The molecule has 0 atom stereocenters. The average molecular weight is 338 g/mol. The van der Waals surface area contributed by atoms with Crippen molar-refractivity contribution < 1.29 is 24.0 Å². The van der Waals surface area contributed by atoms with Gasteiger partial charge >= 0.3 is 12.1 Å². The van der Waals surface area contributed by atoms with Gasteiger partial charge in [0, 0.05) is 6.54 Å². The summed E-state index contributed by atoms with van der Waals surface area (Å²) in [6, 6.07) is -1.49. The van der Waals surface area contributed by atoms with E-state index in [2.05, 4.69) is 25.6 Å². The minimum atomic E-state index is -0.743. The van der Waals surface area contributed by atoms with Gasteiger partial charge in [-0.25, -0.2) is 33.9 Å². The van der Waals surface area contributed by atoms with Crippen LogP contribution >= 0.6 is 0 Å². The molecule has 0 unspecified atom stereocenters. The Labute approximate surface area is 137 Å². The molecule has 0 radical (unpaired) electrons. The Kier molecular flexibility index (Phi) is 12.9. The fraction of sp³-hybridized carbons (Fsp3) is 0.615. The normalized spacial score (nSPS) is 8.83. The van der Waals surface area contributed by atoms with Crippen molar-refractivity contribution in [2.75, 3.05) is 26.4 Å². The molecule has 2 N–H and O–H groups in total. The van der Waals surface area contributed by atoms with Crippen LogP contribution in [-0.2, 0) is 14.4 Å². The number of carbonyl (C=O) groups excluding carboxylic acids is 5. The number of nitrogens with one attached hydrogen (secondary N) is 2. The lowest BCUT2D eigenvalue weighted by atomic mass is 10.2. The zero-order valence-corrected chi connectivity index (χ0v) is 13.0. The van der Waals surface area contributed by atoms with E-state index in [1.807, 2.05) is 0 Å². The zero-order chi connectivity index (χ0) is 18.0. The maximum absolute atomic E-state index is 11.9. The summed E-state index contributed by atoms with van der Waals surface area (Å²) in [5.74, 6) is 0. The lowest BCUT2D eigenvalue weighted by Crippen LogP contribution is -2.49. The summed E-state index contributed by atoms with van der Waals surface area (Å²) in [5, 5.41) is 4.51. The van der Waals surface area contributed by atoms with Gasteiger partial charge in [0.2, 0.25) is 18.2 Å². The number of hydrogen-bond acceptors (Lipinski definition) is 8. The van der Waals surface area contributed by atoms with Gasteiger partial charge in [-0.1, -0.05) is 12.8 Å². The summed E-state index contributed by atoms with van der Waals surface area (Å²) in [7, 11) is 0. The Bertz CT molecular complexity index is 513. The van der Waals surface area contributed by atoms with Crippen LogP contribution in [0.3, 0.4) is 0 Å². The second kappa shape index (κ2) is 14.8. The number of nitrogens with zero attached hydrogens (tertiary/aromatic N) is 4. The molecule has 0 aromatic heterocycles. The maximum Gasteiger partial charge on any atom is 0.327 e. The number of hydrogen-bond donors (Lipinski definition) is 2. The van der Waals surface area contributed by atoms with Crippen LogP contribution in [0.1, 0.15) is 25.7 Å². The first kappa shape index (κ1) is 20.9. The SMILES string of the molecule is O=C=NCCCCCCN(C(=O)NCN=C=O)C(=O)NCN=C=O. The molecule has 0 aliphatic carbocycles. The first-order valence-electron chi connectivity index (χ1n) is 7.11. The molecule has 0 rings (SSSR count). The van der Waals surface area contributed by atoms with Crippen LogP contribution in [0.5, 0.6) is 0 Å². The molecule has 0 heterocycles. The van der Waals surface area contributed by atoms with Gasteiger partial charge in [0.1, 0.15) is 13.3 Å². The van der Waals surface area contributed by atoms with Crippen molar-refractivity contribution in [2.45, 2.75) is 25.7 Å². The first-order valence-corrected chi connectivity index (χ1v) is 7.11. The molecule has 0 saturated heterocycles.